The lowest BCUT2D eigenvalue weighted by atomic mass is 9.83. The van der Waals surface area contributed by atoms with Crippen LogP contribution in [0.25, 0.3) is 0 Å². The molecule has 1 saturated heterocycles. The number of carbonyl (C=O) groups is 2. The predicted octanol–water partition coefficient (Wildman–Crippen LogP) is 4.71. The van der Waals surface area contributed by atoms with Crippen molar-refractivity contribution in [2.45, 2.75) is 56.8 Å². The van der Waals surface area contributed by atoms with Crippen LogP contribution in [0, 0.1) is 0 Å². The second-order valence-corrected chi connectivity index (χ2v) is 8.18. The first-order chi connectivity index (χ1) is 14.7. The summed E-state index contributed by atoms with van der Waals surface area (Å²) >= 11 is 0. The topological polar surface area (TPSA) is 55.8 Å². The summed E-state index contributed by atoms with van der Waals surface area (Å²) in [5, 5.41) is 0. The number of Topliss-reactive ketones (excluding diaryl/α,β-unsaturated/α-hetero) is 1. The third-order valence-corrected chi connectivity index (χ3v) is 6.22. The molecular formula is C25H29NO4. The standard InChI is InChI=1S/C25H29NO4/c27-24-15-16-26(25(28)30-17-19-7-3-1-4-8-19)23(24)18-29-22-13-11-21(12-14-22)20-9-5-2-6-10-20/h1-10,21-23H,11-18H2. The molecule has 1 heterocycles. The number of ether oxygens (including phenoxy) is 2. The number of hydrogen-bond acceptors (Lipinski definition) is 4. The summed E-state index contributed by atoms with van der Waals surface area (Å²) in [5.41, 5.74) is 2.33. The number of rotatable bonds is 6. The molecule has 0 aromatic heterocycles. The molecule has 0 bridgehead atoms. The fraction of sp³-hybridized carbons (Fsp3) is 0.440. The Morgan fingerprint density at radius 1 is 0.933 bits per heavy atom. The van der Waals surface area contributed by atoms with Crippen LogP contribution in [-0.4, -0.2) is 42.1 Å². The second-order valence-electron chi connectivity index (χ2n) is 8.18. The molecule has 2 aromatic carbocycles. The van der Waals surface area contributed by atoms with Gasteiger partial charge in [0.15, 0.2) is 5.78 Å². The van der Waals surface area contributed by atoms with Gasteiger partial charge in [-0.2, -0.15) is 0 Å². The molecule has 1 atom stereocenters. The average molecular weight is 408 g/mol. The molecule has 2 fully saturated rings. The van der Waals surface area contributed by atoms with Gasteiger partial charge >= 0.3 is 6.09 Å². The van der Waals surface area contributed by atoms with E-state index in [0.717, 1.165) is 31.2 Å². The molecule has 0 N–H and O–H groups in total. The van der Waals surface area contributed by atoms with E-state index >= 15 is 0 Å². The zero-order valence-corrected chi connectivity index (χ0v) is 17.2. The third-order valence-electron chi connectivity index (χ3n) is 6.22. The number of ketones is 1. The van der Waals surface area contributed by atoms with E-state index < -0.39 is 12.1 Å². The second kappa shape index (κ2) is 9.90. The lowest BCUT2D eigenvalue weighted by Gasteiger charge is -2.30. The van der Waals surface area contributed by atoms with E-state index in [1.807, 2.05) is 36.4 Å². The number of nitrogens with zero attached hydrogens (tertiary/aromatic N) is 1. The summed E-state index contributed by atoms with van der Waals surface area (Å²) in [5.74, 6) is 0.647. The molecule has 30 heavy (non-hydrogen) atoms. The molecule has 1 aliphatic carbocycles. The van der Waals surface area contributed by atoms with Gasteiger partial charge in [-0.3, -0.25) is 9.69 Å². The number of likely N-dealkylation sites (tertiary alicyclic amines) is 1. The molecule has 2 aromatic rings. The zero-order valence-electron chi connectivity index (χ0n) is 17.2. The molecule has 5 heteroatoms. The van der Waals surface area contributed by atoms with Crippen molar-refractivity contribution in [1.29, 1.82) is 0 Å². The molecule has 1 saturated carbocycles. The Morgan fingerprint density at radius 3 is 2.30 bits per heavy atom. The third kappa shape index (κ3) is 5.08. The summed E-state index contributed by atoms with van der Waals surface area (Å²) in [6.07, 6.45) is 4.24. The van der Waals surface area contributed by atoms with E-state index in [1.54, 1.807) is 0 Å². The van der Waals surface area contributed by atoms with E-state index in [-0.39, 0.29) is 25.1 Å². The van der Waals surface area contributed by atoms with E-state index in [2.05, 4.69) is 24.3 Å². The number of amides is 1. The van der Waals surface area contributed by atoms with Crippen molar-refractivity contribution in [3.05, 3.63) is 71.8 Å². The van der Waals surface area contributed by atoms with Gasteiger partial charge in [-0.25, -0.2) is 4.79 Å². The lowest BCUT2D eigenvalue weighted by Crippen LogP contribution is -2.42. The van der Waals surface area contributed by atoms with Crippen LogP contribution in [0.1, 0.15) is 49.1 Å². The Kier molecular flexibility index (Phi) is 6.80. The predicted molar refractivity (Wildman–Crippen MR) is 114 cm³/mol. The minimum atomic E-state index is -0.528. The Hall–Kier alpha value is -2.66. The van der Waals surface area contributed by atoms with Crippen LogP contribution in [0.4, 0.5) is 4.79 Å². The molecule has 158 valence electrons. The van der Waals surface area contributed by atoms with Crippen molar-refractivity contribution in [3.63, 3.8) is 0 Å². The molecule has 2 aliphatic rings. The molecule has 0 radical (unpaired) electrons. The Bertz CT molecular complexity index is 831. The highest BCUT2D eigenvalue weighted by atomic mass is 16.6. The van der Waals surface area contributed by atoms with Crippen molar-refractivity contribution in [2.24, 2.45) is 0 Å². The van der Waals surface area contributed by atoms with Crippen molar-refractivity contribution in [3.8, 4) is 0 Å². The maximum atomic E-state index is 12.5. The lowest BCUT2D eigenvalue weighted by molar-refractivity contribution is -0.122. The molecule has 1 aliphatic heterocycles. The van der Waals surface area contributed by atoms with Crippen LogP contribution in [0.2, 0.25) is 0 Å². The van der Waals surface area contributed by atoms with Crippen molar-refractivity contribution >= 4 is 11.9 Å². The fourth-order valence-corrected chi connectivity index (χ4v) is 4.45. The number of carbonyl (C=O) groups excluding carboxylic acids is 2. The smallest absolute Gasteiger partial charge is 0.410 e. The first-order valence-electron chi connectivity index (χ1n) is 10.9. The van der Waals surface area contributed by atoms with Gasteiger partial charge < -0.3 is 9.47 Å². The average Bonchev–Trinajstić information content (AvgIpc) is 3.18. The Balaban J connectivity index is 1.25. The van der Waals surface area contributed by atoms with E-state index in [0.29, 0.717) is 18.9 Å². The largest absolute Gasteiger partial charge is 0.445 e. The van der Waals surface area contributed by atoms with Crippen molar-refractivity contribution in [2.75, 3.05) is 13.2 Å². The van der Waals surface area contributed by atoms with Crippen LogP contribution in [0.3, 0.4) is 0 Å². The van der Waals surface area contributed by atoms with Gasteiger partial charge in [0.25, 0.3) is 0 Å². The minimum Gasteiger partial charge on any atom is -0.445 e. The maximum Gasteiger partial charge on any atom is 0.410 e. The van der Waals surface area contributed by atoms with E-state index in [4.69, 9.17) is 9.47 Å². The fourth-order valence-electron chi connectivity index (χ4n) is 4.45. The maximum absolute atomic E-state index is 12.5. The van der Waals surface area contributed by atoms with Gasteiger partial charge in [-0.05, 0) is 42.7 Å². The first-order valence-corrected chi connectivity index (χ1v) is 10.9. The molecule has 5 nitrogen and oxygen atoms in total. The quantitative estimate of drug-likeness (QED) is 0.696. The van der Waals surface area contributed by atoms with E-state index in [9.17, 15) is 9.59 Å². The van der Waals surface area contributed by atoms with Crippen LogP contribution < -0.4 is 0 Å². The molecule has 1 unspecified atom stereocenters. The summed E-state index contributed by atoms with van der Waals surface area (Å²) < 4.78 is 11.5. The Labute approximate surface area is 178 Å². The Morgan fingerprint density at radius 2 is 1.60 bits per heavy atom. The number of benzene rings is 2. The SMILES string of the molecule is O=C1CCN(C(=O)OCc2ccccc2)C1COC1CCC(c2ccccc2)CC1. The van der Waals surface area contributed by atoms with Crippen LogP contribution in [0.5, 0.6) is 0 Å². The minimum absolute atomic E-state index is 0.0598. The molecule has 4 rings (SSSR count). The van der Waals surface area contributed by atoms with Crippen molar-refractivity contribution < 1.29 is 19.1 Å². The molecular weight excluding hydrogens is 378 g/mol. The van der Waals surface area contributed by atoms with Gasteiger partial charge in [0.1, 0.15) is 12.6 Å². The van der Waals surface area contributed by atoms with Crippen LogP contribution in [0.15, 0.2) is 60.7 Å². The monoisotopic (exact) mass is 407 g/mol. The van der Waals surface area contributed by atoms with Crippen molar-refractivity contribution in [1.82, 2.24) is 4.90 Å². The highest BCUT2D eigenvalue weighted by Gasteiger charge is 2.37. The van der Waals surface area contributed by atoms with E-state index in [1.165, 1.54) is 10.5 Å². The summed E-state index contributed by atoms with van der Waals surface area (Å²) in [4.78, 5) is 26.4. The first kappa shape index (κ1) is 20.6. The highest BCUT2D eigenvalue weighted by Crippen LogP contribution is 2.34. The van der Waals surface area contributed by atoms with Gasteiger partial charge in [-0.1, -0.05) is 60.7 Å². The van der Waals surface area contributed by atoms with Gasteiger partial charge in [0, 0.05) is 13.0 Å². The summed E-state index contributed by atoms with van der Waals surface area (Å²) in [6, 6.07) is 19.7. The van der Waals surface area contributed by atoms with Gasteiger partial charge in [-0.15, -0.1) is 0 Å². The summed E-state index contributed by atoms with van der Waals surface area (Å²) in [7, 11) is 0. The van der Waals surface area contributed by atoms with Crippen LogP contribution >= 0.6 is 0 Å². The molecule has 0 spiro atoms. The summed E-state index contributed by atoms with van der Waals surface area (Å²) in [6.45, 7) is 0.878. The van der Waals surface area contributed by atoms with Gasteiger partial charge in [0.2, 0.25) is 0 Å². The van der Waals surface area contributed by atoms with Crippen LogP contribution in [-0.2, 0) is 20.9 Å². The highest BCUT2D eigenvalue weighted by molar-refractivity contribution is 5.90. The number of hydrogen-bond donors (Lipinski definition) is 0. The molecule has 1 amide bonds. The zero-order chi connectivity index (χ0) is 20.8. The van der Waals surface area contributed by atoms with Gasteiger partial charge in [0.05, 0.1) is 12.7 Å². The normalized spacial score (nSPS) is 24.1.